The SMILES string of the molecule is c1ccc(-n2c3ccccc3c3c(-c4ccc(N(c5cccc6c5-c5ccccc5C65c6ccccc6-c6ccccc65)c5ccc(-c6cccc7c6oc6ccccc67)c6ccccc56)cc4)cccc32)cc1. The summed E-state index contributed by atoms with van der Waals surface area (Å²) < 4.78 is 9.09. The third kappa shape index (κ3) is 5.55. The van der Waals surface area contributed by atoms with Gasteiger partial charge in [-0.15, -0.1) is 0 Å². The van der Waals surface area contributed by atoms with Crippen LogP contribution in [0.25, 0.3) is 105 Å². The molecule has 0 fully saturated rings. The first kappa shape index (κ1) is 41.0. The molecule has 2 aromatic heterocycles. The molecule has 0 N–H and O–H groups in total. The summed E-state index contributed by atoms with van der Waals surface area (Å²) in [6.07, 6.45) is 0. The van der Waals surface area contributed by atoms with E-state index in [-0.39, 0.29) is 0 Å². The van der Waals surface area contributed by atoms with Gasteiger partial charge in [0.1, 0.15) is 11.2 Å². The van der Waals surface area contributed by atoms with Crippen LogP contribution in [0.15, 0.2) is 271 Å². The molecule has 2 heterocycles. The fourth-order valence-corrected chi connectivity index (χ4v) is 13.3. The molecule has 2 aliphatic rings. The Morgan fingerprint density at radius 3 is 1.66 bits per heavy atom. The molecule has 3 nitrogen and oxygen atoms in total. The van der Waals surface area contributed by atoms with E-state index in [4.69, 9.17) is 4.42 Å². The van der Waals surface area contributed by atoms with Crippen molar-refractivity contribution in [3.8, 4) is 50.2 Å². The van der Waals surface area contributed by atoms with Gasteiger partial charge in [-0.2, -0.15) is 0 Å². The summed E-state index contributed by atoms with van der Waals surface area (Å²) >= 11 is 0. The van der Waals surface area contributed by atoms with Crippen LogP contribution in [-0.2, 0) is 5.41 Å². The van der Waals surface area contributed by atoms with Gasteiger partial charge < -0.3 is 13.9 Å². The molecule has 0 bridgehead atoms. The van der Waals surface area contributed by atoms with Gasteiger partial charge in [-0.1, -0.05) is 212 Å². The molecule has 3 heteroatoms. The Labute approximate surface area is 428 Å². The summed E-state index contributed by atoms with van der Waals surface area (Å²) in [7, 11) is 0. The van der Waals surface area contributed by atoms with Crippen LogP contribution in [0.4, 0.5) is 17.1 Å². The minimum atomic E-state index is -0.487. The lowest BCUT2D eigenvalue weighted by molar-refractivity contribution is 0.670. The second-order valence-corrected chi connectivity index (χ2v) is 19.8. The molecule has 2 aliphatic carbocycles. The van der Waals surface area contributed by atoms with E-state index in [1.807, 2.05) is 6.07 Å². The first-order chi connectivity index (χ1) is 36.8. The number of para-hydroxylation sites is 4. The highest BCUT2D eigenvalue weighted by Gasteiger charge is 2.52. The molecule has 14 aromatic rings. The quantitative estimate of drug-likeness (QED) is 0.166. The Morgan fingerprint density at radius 2 is 0.878 bits per heavy atom. The van der Waals surface area contributed by atoms with E-state index in [2.05, 4.69) is 270 Å². The third-order valence-electron chi connectivity index (χ3n) is 16.2. The molecule has 0 unspecified atom stereocenters. The highest BCUT2D eigenvalue weighted by molar-refractivity contribution is 6.17. The second-order valence-electron chi connectivity index (χ2n) is 19.8. The molecule has 0 aliphatic heterocycles. The van der Waals surface area contributed by atoms with E-state index < -0.39 is 5.41 Å². The van der Waals surface area contributed by atoms with Crippen molar-refractivity contribution in [1.82, 2.24) is 4.57 Å². The van der Waals surface area contributed by atoms with Crippen molar-refractivity contribution in [1.29, 1.82) is 0 Å². The van der Waals surface area contributed by atoms with Crippen LogP contribution < -0.4 is 4.90 Å². The van der Waals surface area contributed by atoms with E-state index in [0.717, 1.165) is 72.2 Å². The average molecular weight is 941 g/mol. The zero-order valence-corrected chi connectivity index (χ0v) is 40.2. The minimum Gasteiger partial charge on any atom is -0.455 e. The smallest absolute Gasteiger partial charge is 0.143 e. The fraction of sp³-hybridized carbons (Fsp3) is 0.0141. The number of hydrogen-bond acceptors (Lipinski definition) is 2. The summed E-state index contributed by atoms with van der Waals surface area (Å²) in [5.74, 6) is 0. The van der Waals surface area contributed by atoms with Gasteiger partial charge in [0.05, 0.1) is 27.8 Å². The van der Waals surface area contributed by atoms with Crippen LogP contribution >= 0.6 is 0 Å². The molecule has 0 saturated heterocycles. The highest BCUT2D eigenvalue weighted by atomic mass is 16.3. The monoisotopic (exact) mass is 940 g/mol. The molecule has 1 spiro atoms. The molecule has 0 atom stereocenters. The summed E-state index contributed by atoms with van der Waals surface area (Å²) in [5, 5.41) is 7.04. The van der Waals surface area contributed by atoms with Gasteiger partial charge in [0.15, 0.2) is 0 Å². The highest BCUT2D eigenvalue weighted by Crippen LogP contribution is 2.65. The van der Waals surface area contributed by atoms with Crippen molar-refractivity contribution in [2.75, 3.05) is 4.90 Å². The van der Waals surface area contributed by atoms with E-state index in [1.165, 1.54) is 71.9 Å². The normalized spacial score (nSPS) is 13.0. The van der Waals surface area contributed by atoms with Gasteiger partial charge in [0, 0.05) is 49.4 Å². The first-order valence-electron chi connectivity index (χ1n) is 25.6. The lowest BCUT2D eigenvalue weighted by Crippen LogP contribution is -2.26. The Bertz CT molecular complexity index is 4570. The fourth-order valence-electron chi connectivity index (χ4n) is 13.3. The molecule has 16 rings (SSSR count). The predicted octanol–water partition coefficient (Wildman–Crippen LogP) is 19.0. The number of hydrogen-bond donors (Lipinski definition) is 0. The average Bonchev–Trinajstić information content (AvgIpc) is 4.26. The molecular weight excluding hydrogens is 897 g/mol. The van der Waals surface area contributed by atoms with Crippen LogP contribution in [0.3, 0.4) is 0 Å². The molecule has 74 heavy (non-hydrogen) atoms. The standard InChI is InChI=1S/C71H44N2O/c1-2-19-46(20-3-1)72-63-35-14-9-27-58(63)68-48(28-17-36-65(68)72)45-39-41-47(42-40-45)73(64-44-43-50(49-21-4-5-24-53(49)64)55-29-16-30-56-54-25-10-15-38-67(54)74-70(55)56)66-37-18-34-62-69(66)57-26-8-13-33-61(57)71(62)59-31-11-6-22-51(59)52-23-7-12-32-60(52)71/h1-44H. The van der Waals surface area contributed by atoms with Crippen molar-refractivity contribution in [2.24, 2.45) is 0 Å². The lowest BCUT2D eigenvalue weighted by Gasteiger charge is -2.32. The Kier molecular flexibility index (Phi) is 8.66. The molecule has 344 valence electrons. The Morgan fingerprint density at radius 1 is 0.324 bits per heavy atom. The lowest BCUT2D eigenvalue weighted by atomic mass is 9.70. The van der Waals surface area contributed by atoms with Crippen molar-refractivity contribution < 1.29 is 4.42 Å². The number of aromatic nitrogens is 1. The van der Waals surface area contributed by atoms with E-state index in [1.54, 1.807) is 0 Å². The second kappa shape index (κ2) is 15.6. The number of rotatable bonds is 6. The zero-order chi connectivity index (χ0) is 48.5. The van der Waals surface area contributed by atoms with Crippen LogP contribution in [-0.4, -0.2) is 4.57 Å². The summed E-state index contributed by atoms with van der Waals surface area (Å²) in [5.41, 5.74) is 23.1. The number of nitrogens with zero attached hydrogens (tertiary/aromatic N) is 2. The van der Waals surface area contributed by atoms with Crippen molar-refractivity contribution in [2.45, 2.75) is 5.41 Å². The maximum atomic E-state index is 6.69. The van der Waals surface area contributed by atoms with Crippen LogP contribution in [0.5, 0.6) is 0 Å². The van der Waals surface area contributed by atoms with Crippen LogP contribution in [0.2, 0.25) is 0 Å². The zero-order valence-electron chi connectivity index (χ0n) is 40.2. The summed E-state index contributed by atoms with van der Waals surface area (Å²) in [6.45, 7) is 0. The number of fused-ring (bicyclic) bond motifs is 17. The van der Waals surface area contributed by atoms with E-state index >= 15 is 0 Å². The van der Waals surface area contributed by atoms with Gasteiger partial charge in [-0.05, 0) is 116 Å². The topological polar surface area (TPSA) is 21.3 Å². The number of benzene rings is 12. The Balaban J connectivity index is 0.944. The van der Waals surface area contributed by atoms with Gasteiger partial charge in [-0.3, -0.25) is 0 Å². The first-order valence-corrected chi connectivity index (χ1v) is 25.6. The van der Waals surface area contributed by atoms with Crippen molar-refractivity contribution >= 4 is 71.6 Å². The van der Waals surface area contributed by atoms with Crippen molar-refractivity contribution in [3.63, 3.8) is 0 Å². The Hall–Kier alpha value is -9.70. The number of furan rings is 1. The van der Waals surface area contributed by atoms with Gasteiger partial charge in [0.25, 0.3) is 0 Å². The van der Waals surface area contributed by atoms with Crippen LogP contribution in [0.1, 0.15) is 22.3 Å². The molecule has 12 aromatic carbocycles. The summed E-state index contributed by atoms with van der Waals surface area (Å²) in [4.78, 5) is 2.53. The van der Waals surface area contributed by atoms with E-state index in [0.29, 0.717) is 0 Å². The molecule has 0 saturated carbocycles. The van der Waals surface area contributed by atoms with Crippen molar-refractivity contribution in [3.05, 3.63) is 289 Å². The van der Waals surface area contributed by atoms with Crippen LogP contribution in [0, 0.1) is 0 Å². The predicted molar refractivity (Wildman–Crippen MR) is 307 cm³/mol. The van der Waals surface area contributed by atoms with Gasteiger partial charge in [0.2, 0.25) is 0 Å². The maximum absolute atomic E-state index is 6.69. The minimum absolute atomic E-state index is 0.487. The third-order valence-corrected chi connectivity index (χ3v) is 16.2. The molecule has 0 amide bonds. The molecular formula is C71H44N2O. The maximum Gasteiger partial charge on any atom is 0.143 e. The van der Waals surface area contributed by atoms with Gasteiger partial charge >= 0.3 is 0 Å². The largest absolute Gasteiger partial charge is 0.455 e. The van der Waals surface area contributed by atoms with Gasteiger partial charge in [-0.25, -0.2) is 0 Å². The number of anilines is 3. The summed E-state index contributed by atoms with van der Waals surface area (Å²) in [6, 6.07) is 98.3. The molecule has 0 radical (unpaired) electrons. The van der Waals surface area contributed by atoms with E-state index in [9.17, 15) is 0 Å².